The van der Waals surface area contributed by atoms with Crippen LogP contribution in [0, 0.1) is 0 Å². The van der Waals surface area contributed by atoms with Gasteiger partial charge >= 0.3 is 0 Å². The maximum atomic E-state index is 3.90. The van der Waals surface area contributed by atoms with Crippen molar-refractivity contribution in [2.24, 2.45) is 0 Å². The zero-order valence-electron chi connectivity index (χ0n) is 7.11. The lowest BCUT2D eigenvalue weighted by atomic mass is 10.2. The highest BCUT2D eigenvalue weighted by atomic mass is 32.2. The Morgan fingerprint density at radius 3 is 2.60 bits per heavy atom. The molecule has 1 N–H and O–H groups in total. The average Bonchev–Trinajstić information content (AvgIpc) is 1.89. The van der Waals surface area contributed by atoms with Gasteiger partial charge < -0.3 is 5.32 Å². The fraction of sp³-hybridized carbons (Fsp3) is 0.750. The summed E-state index contributed by atoms with van der Waals surface area (Å²) in [6, 6.07) is 0.491. The molecule has 0 amide bonds. The van der Waals surface area contributed by atoms with Gasteiger partial charge in [0.15, 0.2) is 0 Å². The number of hydrogen-bond acceptors (Lipinski definition) is 2. The van der Waals surface area contributed by atoms with Gasteiger partial charge in [-0.2, -0.15) is 11.8 Å². The first-order chi connectivity index (χ1) is 4.72. The Labute approximate surface area is 68.3 Å². The first-order valence-corrected chi connectivity index (χ1v) is 4.78. The van der Waals surface area contributed by atoms with E-state index < -0.39 is 0 Å². The Morgan fingerprint density at radius 2 is 2.30 bits per heavy atom. The maximum Gasteiger partial charge on any atom is 0.0363 e. The molecule has 0 rings (SSSR count). The number of rotatable bonds is 5. The third kappa shape index (κ3) is 3.96. The van der Waals surface area contributed by atoms with Crippen LogP contribution < -0.4 is 5.32 Å². The van der Waals surface area contributed by atoms with Crippen LogP contribution >= 0.6 is 11.8 Å². The van der Waals surface area contributed by atoms with E-state index in [0.717, 1.165) is 5.75 Å². The second-order valence-electron chi connectivity index (χ2n) is 2.35. The molecular formula is C8H17NS. The normalized spacial score (nSPS) is 13.1. The van der Waals surface area contributed by atoms with Crippen LogP contribution in [0.4, 0.5) is 0 Å². The van der Waals surface area contributed by atoms with Gasteiger partial charge in [-0.15, -0.1) is 0 Å². The summed E-state index contributed by atoms with van der Waals surface area (Å²) in [6.07, 6.45) is 0. The fourth-order valence-corrected chi connectivity index (χ4v) is 1.63. The second kappa shape index (κ2) is 5.81. The number of nitrogens with one attached hydrogen (secondary N) is 1. The van der Waals surface area contributed by atoms with Crippen molar-refractivity contribution < 1.29 is 0 Å². The summed E-state index contributed by atoms with van der Waals surface area (Å²) in [5.74, 6) is 2.33. The molecule has 0 fully saturated rings. The molecule has 0 spiro atoms. The molecule has 10 heavy (non-hydrogen) atoms. The molecule has 1 unspecified atom stereocenters. The summed E-state index contributed by atoms with van der Waals surface area (Å²) in [5.41, 5.74) is 1.23. The van der Waals surface area contributed by atoms with Gasteiger partial charge in [0.1, 0.15) is 0 Å². The summed E-state index contributed by atoms with van der Waals surface area (Å²) in [6.45, 7) is 8.15. The molecule has 0 radical (unpaired) electrons. The lowest BCUT2D eigenvalue weighted by molar-refractivity contribution is 0.704. The lowest BCUT2D eigenvalue weighted by Gasteiger charge is -2.14. The summed E-state index contributed by atoms with van der Waals surface area (Å²) in [4.78, 5) is 0. The molecule has 0 aliphatic carbocycles. The number of hydrogen-bond donors (Lipinski definition) is 1. The SMILES string of the molecule is C=C(C)C(CSCC)NC. The number of likely N-dealkylation sites (N-methyl/N-ethyl adjacent to an activating group) is 1. The Morgan fingerprint density at radius 1 is 1.70 bits per heavy atom. The molecule has 60 valence electrons. The van der Waals surface area contributed by atoms with Crippen LogP contribution in [0.5, 0.6) is 0 Å². The van der Waals surface area contributed by atoms with Crippen LogP contribution in [0.1, 0.15) is 13.8 Å². The van der Waals surface area contributed by atoms with Crippen LogP contribution in [-0.4, -0.2) is 24.6 Å². The van der Waals surface area contributed by atoms with Crippen molar-refractivity contribution in [3.8, 4) is 0 Å². The van der Waals surface area contributed by atoms with E-state index in [9.17, 15) is 0 Å². The van der Waals surface area contributed by atoms with E-state index in [4.69, 9.17) is 0 Å². The van der Waals surface area contributed by atoms with Gasteiger partial charge in [0.2, 0.25) is 0 Å². The van der Waals surface area contributed by atoms with Crippen molar-refractivity contribution in [3.63, 3.8) is 0 Å². The van der Waals surface area contributed by atoms with Crippen molar-refractivity contribution in [2.75, 3.05) is 18.6 Å². The third-order valence-corrected chi connectivity index (χ3v) is 2.41. The van der Waals surface area contributed by atoms with Crippen LogP contribution in [0.3, 0.4) is 0 Å². The highest BCUT2D eigenvalue weighted by Crippen LogP contribution is 2.06. The van der Waals surface area contributed by atoms with E-state index in [1.165, 1.54) is 11.3 Å². The molecule has 0 aromatic carbocycles. The molecule has 0 aliphatic rings. The number of thioether (sulfide) groups is 1. The lowest BCUT2D eigenvalue weighted by Crippen LogP contribution is -2.28. The predicted octanol–water partition coefficient (Wildman–Crippen LogP) is 1.90. The van der Waals surface area contributed by atoms with E-state index in [1.807, 2.05) is 18.8 Å². The van der Waals surface area contributed by atoms with Crippen LogP contribution in [-0.2, 0) is 0 Å². The van der Waals surface area contributed by atoms with Gasteiger partial charge in [-0.05, 0) is 19.7 Å². The first-order valence-electron chi connectivity index (χ1n) is 3.62. The molecule has 0 heterocycles. The molecular weight excluding hydrogens is 142 g/mol. The minimum absolute atomic E-state index is 0.491. The van der Waals surface area contributed by atoms with Gasteiger partial charge in [-0.3, -0.25) is 0 Å². The van der Waals surface area contributed by atoms with Crippen molar-refractivity contribution >= 4 is 11.8 Å². The standard InChI is InChI=1S/C8H17NS/c1-5-10-6-8(9-4)7(2)3/h8-9H,2,5-6H2,1,3-4H3. The Bertz CT molecular complexity index is 101. The van der Waals surface area contributed by atoms with E-state index in [2.05, 4.69) is 25.7 Å². The molecule has 0 saturated heterocycles. The monoisotopic (exact) mass is 159 g/mol. The van der Waals surface area contributed by atoms with Crippen LogP contribution in [0.2, 0.25) is 0 Å². The molecule has 0 aromatic heterocycles. The van der Waals surface area contributed by atoms with Gasteiger partial charge in [-0.25, -0.2) is 0 Å². The largest absolute Gasteiger partial charge is 0.313 e. The van der Waals surface area contributed by atoms with E-state index in [-0.39, 0.29) is 0 Å². The van der Waals surface area contributed by atoms with Gasteiger partial charge in [0.05, 0.1) is 0 Å². The Kier molecular flexibility index (Phi) is 5.84. The molecule has 0 aliphatic heterocycles. The fourth-order valence-electron chi connectivity index (χ4n) is 0.708. The summed E-state index contributed by atoms with van der Waals surface area (Å²) >= 11 is 1.95. The van der Waals surface area contributed by atoms with E-state index >= 15 is 0 Å². The maximum absolute atomic E-state index is 3.90. The van der Waals surface area contributed by atoms with Crippen molar-refractivity contribution in [3.05, 3.63) is 12.2 Å². The van der Waals surface area contributed by atoms with Crippen LogP contribution in [0.25, 0.3) is 0 Å². The van der Waals surface area contributed by atoms with Crippen molar-refractivity contribution in [1.29, 1.82) is 0 Å². The minimum Gasteiger partial charge on any atom is -0.313 e. The molecule has 0 saturated carbocycles. The van der Waals surface area contributed by atoms with Crippen molar-refractivity contribution in [1.82, 2.24) is 5.32 Å². The van der Waals surface area contributed by atoms with Gasteiger partial charge in [0, 0.05) is 11.8 Å². The van der Waals surface area contributed by atoms with E-state index in [0.29, 0.717) is 6.04 Å². The van der Waals surface area contributed by atoms with Crippen molar-refractivity contribution in [2.45, 2.75) is 19.9 Å². The Hall–Kier alpha value is 0.0500. The predicted molar refractivity (Wildman–Crippen MR) is 50.7 cm³/mol. The summed E-state index contributed by atoms with van der Waals surface area (Å²) in [5, 5.41) is 3.22. The topological polar surface area (TPSA) is 12.0 Å². The van der Waals surface area contributed by atoms with Gasteiger partial charge in [-0.1, -0.05) is 19.1 Å². The zero-order valence-corrected chi connectivity index (χ0v) is 7.92. The highest BCUT2D eigenvalue weighted by molar-refractivity contribution is 7.99. The van der Waals surface area contributed by atoms with E-state index in [1.54, 1.807) is 0 Å². The Balaban J connectivity index is 3.50. The molecule has 0 bridgehead atoms. The average molecular weight is 159 g/mol. The summed E-state index contributed by atoms with van der Waals surface area (Å²) in [7, 11) is 1.98. The molecule has 1 atom stereocenters. The van der Waals surface area contributed by atoms with Gasteiger partial charge in [0.25, 0.3) is 0 Å². The summed E-state index contributed by atoms with van der Waals surface area (Å²) < 4.78 is 0. The zero-order chi connectivity index (χ0) is 7.98. The minimum atomic E-state index is 0.491. The quantitative estimate of drug-likeness (QED) is 0.615. The smallest absolute Gasteiger partial charge is 0.0363 e. The van der Waals surface area contributed by atoms with Crippen LogP contribution in [0.15, 0.2) is 12.2 Å². The highest BCUT2D eigenvalue weighted by Gasteiger charge is 2.04. The third-order valence-electron chi connectivity index (χ3n) is 1.43. The molecule has 1 nitrogen and oxygen atoms in total. The first kappa shape index (κ1) is 10.0. The molecule has 2 heteroatoms. The second-order valence-corrected chi connectivity index (χ2v) is 3.67. The molecule has 0 aromatic rings.